The Balaban J connectivity index is 2.57. The predicted molar refractivity (Wildman–Crippen MR) is 70.6 cm³/mol. The van der Waals surface area contributed by atoms with Crippen molar-refractivity contribution in [2.45, 2.75) is 13.8 Å². The van der Waals surface area contributed by atoms with Crippen molar-refractivity contribution in [3.8, 4) is 10.4 Å². The van der Waals surface area contributed by atoms with Gasteiger partial charge in [-0.3, -0.25) is 0 Å². The minimum Gasteiger partial charge on any atom is -0.478 e. The van der Waals surface area contributed by atoms with Crippen molar-refractivity contribution in [1.29, 1.82) is 0 Å². The van der Waals surface area contributed by atoms with E-state index in [9.17, 15) is 4.79 Å². The summed E-state index contributed by atoms with van der Waals surface area (Å²) in [5, 5.41) is 9.33. The molecular weight excluding hydrogens is 234 g/mol. The van der Waals surface area contributed by atoms with E-state index in [2.05, 4.69) is 0 Å². The van der Waals surface area contributed by atoms with Crippen LogP contribution < -0.4 is 5.73 Å². The summed E-state index contributed by atoms with van der Waals surface area (Å²) in [6.45, 7) is 4.02. The van der Waals surface area contributed by atoms with Gasteiger partial charge in [0.05, 0.1) is 5.56 Å². The minimum absolute atomic E-state index is 0.186. The van der Waals surface area contributed by atoms with Gasteiger partial charge in [0.15, 0.2) is 0 Å². The molecule has 2 rings (SSSR count). The second-order valence-corrected chi connectivity index (χ2v) is 5.10. The van der Waals surface area contributed by atoms with Crippen LogP contribution in [-0.2, 0) is 0 Å². The Labute approximate surface area is 104 Å². The normalized spacial score (nSPS) is 10.5. The molecule has 0 aliphatic carbocycles. The van der Waals surface area contributed by atoms with Crippen LogP contribution in [0.25, 0.3) is 10.4 Å². The summed E-state index contributed by atoms with van der Waals surface area (Å²) in [6.07, 6.45) is 0. The summed E-state index contributed by atoms with van der Waals surface area (Å²) in [6, 6.07) is 7.76. The highest BCUT2D eigenvalue weighted by molar-refractivity contribution is 7.19. The van der Waals surface area contributed by atoms with Crippen LogP contribution in [0, 0.1) is 13.8 Å². The molecule has 0 unspecified atom stereocenters. The maximum absolute atomic E-state index is 10.9. The number of aromatic carboxylic acids is 1. The molecule has 3 nitrogen and oxygen atoms in total. The third-order valence-electron chi connectivity index (χ3n) is 2.65. The van der Waals surface area contributed by atoms with Crippen LogP contribution in [0.3, 0.4) is 0 Å². The molecule has 1 aromatic carbocycles. The molecule has 1 heterocycles. The summed E-state index contributed by atoms with van der Waals surface area (Å²) in [5.74, 6) is -0.977. The average molecular weight is 247 g/mol. The molecule has 0 saturated heterocycles. The van der Waals surface area contributed by atoms with E-state index in [1.54, 1.807) is 6.07 Å². The highest BCUT2D eigenvalue weighted by Crippen LogP contribution is 2.35. The number of aryl methyl sites for hydroxylation is 2. The lowest BCUT2D eigenvalue weighted by atomic mass is 10.0. The topological polar surface area (TPSA) is 63.3 Å². The molecule has 0 bridgehead atoms. The molecule has 0 radical (unpaired) electrons. The van der Waals surface area contributed by atoms with Crippen molar-refractivity contribution in [3.63, 3.8) is 0 Å². The van der Waals surface area contributed by atoms with Gasteiger partial charge in [0, 0.05) is 4.88 Å². The Morgan fingerprint density at radius 3 is 2.59 bits per heavy atom. The van der Waals surface area contributed by atoms with E-state index in [-0.39, 0.29) is 5.56 Å². The van der Waals surface area contributed by atoms with E-state index < -0.39 is 5.97 Å². The SMILES string of the molecule is Cc1ccc(C)c(-c2cc(C(=O)O)c(N)s2)c1. The van der Waals surface area contributed by atoms with Gasteiger partial charge in [-0.1, -0.05) is 23.8 Å². The van der Waals surface area contributed by atoms with E-state index in [1.165, 1.54) is 11.3 Å². The molecule has 0 saturated carbocycles. The highest BCUT2D eigenvalue weighted by Gasteiger charge is 2.14. The maximum Gasteiger partial charge on any atom is 0.338 e. The lowest BCUT2D eigenvalue weighted by molar-refractivity contribution is 0.0698. The Morgan fingerprint density at radius 1 is 1.29 bits per heavy atom. The van der Waals surface area contributed by atoms with Gasteiger partial charge < -0.3 is 10.8 Å². The van der Waals surface area contributed by atoms with Gasteiger partial charge >= 0.3 is 5.97 Å². The molecule has 1 aromatic heterocycles. The summed E-state index contributed by atoms with van der Waals surface area (Å²) < 4.78 is 0. The predicted octanol–water partition coefficient (Wildman–Crippen LogP) is 3.31. The first-order valence-electron chi connectivity index (χ1n) is 5.19. The second-order valence-electron chi connectivity index (χ2n) is 4.01. The van der Waals surface area contributed by atoms with E-state index in [1.807, 2.05) is 32.0 Å². The molecule has 0 aliphatic rings. The first-order valence-corrected chi connectivity index (χ1v) is 6.01. The molecule has 0 fully saturated rings. The van der Waals surface area contributed by atoms with Crippen molar-refractivity contribution in [2.75, 3.05) is 5.73 Å². The van der Waals surface area contributed by atoms with Crippen molar-refractivity contribution < 1.29 is 9.90 Å². The molecule has 17 heavy (non-hydrogen) atoms. The second kappa shape index (κ2) is 4.22. The van der Waals surface area contributed by atoms with Crippen molar-refractivity contribution in [3.05, 3.63) is 41.0 Å². The lowest BCUT2D eigenvalue weighted by Gasteiger charge is -2.03. The summed E-state index contributed by atoms with van der Waals surface area (Å²) in [5.41, 5.74) is 9.21. The molecular formula is C13H13NO2S. The number of hydrogen-bond donors (Lipinski definition) is 2. The zero-order chi connectivity index (χ0) is 12.6. The van der Waals surface area contributed by atoms with Gasteiger partial charge in [0.25, 0.3) is 0 Å². The molecule has 0 amide bonds. The third-order valence-corrected chi connectivity index (χ3v) is 3.65. The van der Waals surface area contributed by atoms with Crippen LogP contribution in [0.2, 0.25) is 0 Å². The van der Waals surface area contributed by atoms with Crippen molar-refractivity contribution >= 4 is 22.3 Å². The molecule has 3 N–H and O–H groups in total. The molecule has 0 spiro atoms. The number of anilines is 1. The van der Waals surface area contributed by atoms with Crippen molar-refractivity contribution in [1.82, 2.24) is 0 Å². The van der Waals surface area contributed by atoms with E-state index in [0.717, 1.165) is 21.6 Å². The number of benzene rings is 1. The monoisotopic (exact) mass is 247 g/mol. The Hall–Kier alpha value is -1.81. The van der Waals surface area contributed by atoms with Crippen molar-refractivity contribution in [2.24, 2.45) is 0 Å². The number of hydrogen-bond acceptors (Lipinski definition) is 3. The molecule has 2 aromatic rings. The zero-order valence-electron chi connectivity index (χ0n) is 9.65. The van der Waals surface area contributed by atoms with Crippen LogP contribution >= 0.6 is 11.3 Å². The van der Waals surface area contributed by atoms with Gasteiger partial charge in [-0.2, -0.15) is 0 Å². The fourth-order valence-electron chi connectivity index (χ4n) is 1.71. The fraction of sp³-hybridized carbons (Fsp3) is 0.154. The average Bonchev–Trinajstić information content (AvgIpc) is 2.64. The van der Waals surface area contributed by atoms with Gasteiger partial charge in [-0.15, -0.1) is 11.3 Å². The minimum atomic E-state index is -0.977. The quantitative estimate of drug-likeness (QED) is 0.855. The highest BCUT2D eigenvalue weighted by atomic mass is 32.1. The number of thiophene rings is 1. The van der Waals surface area contributed by atoms with Crippen LogP contribution in [0.5, 0.6) is 0 Å². The Kier molecular flexibility index (Phi) is 2.90. The summed E-state index contributed by atoms with van der Waals surface area (Å²) in [7, 11) is 0. The largest absolute Gasteiger partial charge is 0.478 e. The first kappa shape index (κ1) is 11.7. The molecule has 0 atom stereocenters. The van der Waals surface area contributed by atoms with Crippen LogP contribution in [0.4, 0.5) is 5.00 Å². The van der Waals surface area contributed by atoms with E-state index >= 15 is 0 Å². The number of carboxylic acid groups (broad SMARTS) is 1. The van der Waals surface area contributed by atoms with Crippen LogP contribution in [0.15, 0.2) is 24.3 Å². The number of nitrogens with two attached hydrogens (primary N) is 1. The van der Waals surface area contributed by atoms with Gasteiger partial charge in [-0.05, 0) is 31.0 Å². The maximum atomic E-state index is 10.9. The van der Waals surface area contributed by atoms with Crippen LogP contribution in [-0.4, -0.2) is 11.1 Å². The number of nitrogen functional groups attached to an aromatic ring is 1. The number of carboxylic acids is 1. The standard InChI is InChI=1S/C13H13NO2S/c1-7-3-4-8(2)9(5-7)11-6-10(13(15)16)12(14)17-11/h3-6H,14H2,1-2H3,(H,15,16). The van der Waals surface area contributed by atoms with Gasteiger partial charge in [0.2, 0.25) is 0 Å². The first-order chi connectivity index (χ1) is 7.99. The van der Waals surface area contributed by atoms with E-state index in [4.69, 9.17) is 10.8 Å². The van der Waals surface area contributed by atoms with Gasteiger partial charge in [-0.25, -0.2) is 4.79 Å². The Bertz CT molecular complexity index is 587. The van der Waals surface area contributed by atoms with E-state index in [0.29, 0.717) is 5.00 Å². The van der Waals surface area contributed by atoms with Gasteiger partial charge in [0.1, 0.15) is 5.00 Å². The zero-order valence-corrected chi connectivity index (χ0v) is 10.5. The van der Waals surface area contributed by atoms with Crippen LogP contribution in [0.1, 0.15) is 21.5 Å². The number of rotatable bonds is 2. The lowest BCUT2D eigenvalue weighted by Crippen LogP contribution is -1.97. The Morgan fingerprint density at radius 2 is 2.00 bits per heavy atom. The molecule has 88 valence electrons. The molecule has 0 aliphatic heterocycles. The molecule has 4 heteroatoms. The smallest absolute Gasteiger partial charge is 0.338 e. The summed E-state index contributed by atoms with van der Waals surface area (Å²) >= 11 is 1.32. The number of carbonyl (C=O) groups is 1. The summed E-state index contributed by atoms with van der Waals surface area (Å²) in [4.78, 5) is 11.8. The third kappa shape index (κ3) is 2.17. The fourth-order valence-corrected chi connectivity index (χ4v) is 2.71.